The monoisotopic (exact) mass is 322 g/mol. The molecule has 2 aliphatic heterocycles. The highest BCUT2D eigenvalue weighted by Crippen LogP contribution is 2.35. The summed E-state index contributed by atoms with van der Waals surface area (Å²) in [6, 6.07) is 10.7. The zero-order valence-electron chi connectivity index (χ0n) is 13.4. The van der Waals surface area contributed by atoms with Crippen LogP contribution in [0.2, 0.25) is 0 Å². The summed E-state index contributed by atoms with van der Waals surface area (Å²) >= 11 is 0. The second kappa shape index (κ2) is 7.47. The molecule has 1 aromatic carbocycles. The third-order valence-corrected chi connectivity index (χ3v) is 5.14. The molecule has 0 saturated carbocycles. The highest BCUT2D eigenvalue weighted by molar-refractivity contribution is 5.85. The molecule has 0 spiro atoms. The van der Waals surface area contributed by atoms with Gasteiger partial charge in [0.15, 0.2) is 0 Å². The first-order valence-electron chi connectivity index (χ1n) is 8.20. The average molecular weight is 323 g/mol. The number of halogens is 1. The Bertz CT molecular complexity index is 487. The van der Waals surface area contributed by atoms with E-state index in [1.54, 1.807) is 0 Å². The number of nitrogens with zero attached hydrogens (tertiary/aromatic N) is 1. The van der Waals surface area contributed by atoms with Gasteiger partial charge in [0, 0.05) is 19.6 Å². The molecule has 1 aromatic rings. The van der Waals surface area contributed by atoms with Crippen molar-refractivity contribution >= 4 is 18.3 Å². The molecule has 0 radical (unpaired) electrons. The van der Waals surface area contributed by atoms with Gasteiger partial charge in [0.2, 0.25) is 5.91 Å². The van der Waals surface area contributed by atoms with E-state index in [-0.39, 0.29) is 23.7 Å². The van der Waals surface area contributed by atoms with Crippen molar-refractivity contribution in [2.75, 3.05) is 26.2 Å². The van der Waals surface area contributed by atoms with E-state index in [0.717, 1.165) is 45.4 Å². The van der Waals surface area contributed by atoms with Gasteiger partial charge in [-0.1, -0.05) is 37.3 Å². The summed E-state index contributed by atoms with van der Waals surface area (Å²) in [4.78, 5) is 14.6. The van der Waals surface area contributed by atoms with Crippen LogP contribution in [0.4, 0.5) is 0 Å². The van der Waals surface area contributed by atoms with Crippen LogP contribution in [0.1, 0.15) is 31.7 Å². The Morgan fingerprint density at radius 1 is 1.36 bits per heavy atom. The molecule has 3 rings (SSSR count). The first-order chi connectivity index (χ1) is 10.2. The largest absolute Gasteiger partial charge is 0.342 e. The minimum absolute atomic E-state index is 0. The van der Waals surface area contributed by atoms with E-state index >= 15 is 0 Å². The highest BCUT2D eigenvalue weighted by Gasteiger charge is 2.38. The zero-order valence-corrected chi connectivity index (χ0v) is 14.2. The Balaban J connectivity index is 0.00000176. The Hall–Kier alpha value is -1.06. The van der Waals surface area contributed by atoms with Crippen molar-refractivity contribution in [3.8, 4) is 0 Å². The molecule has 4 heteroatoms. The molecule has 122 valence electrons. The Labute approximate surface area is 139 Å². The van der Waals surface area contributed by atoms with Crippen LogP contribution in [0.15, 0.2) is 30.3 Å². The van der Waals surface area contributed by atoms with Gasteiger partial charge < -0.3 is 10.2 Å². The van der Waals surface area contributed by atoms with Crippen molar-refractivity contribution < 1.29 is 4.79 Å². The van der Waals surface area contributed by atoms with Crippen LogP contribution >= 0.6 is 12.4 Å². The van der Waals surface area contributed by atoms with Gasteiger partial charge in [0.1, 0.15) is 0 Å². The predicted molar refractivity (Wildman–Crippen MR) is 92.3 cm³/mol. The molecule has 2 unspecified atom stereocenters. The predicted octanol–water partition coefficient (Wildman–Crippen LogP) is 2.89. The SMILES string of the molecule is CC1(CCc2ccccc2)CCN(C(=O)C2CCNC2)C1.Cl. The maximum Gasteiger partial charge on any atom is 0.227 e. The van der Waals surface area contributed by atoms with Crippen LogP contribution in [-0.2, 0) is 11.2 Å². The average Bonchev–Trinajstić information content (AvgIpc) is 3.16. The minimum Gasteiger partial charge on any atom is -0.342 e. The summed E-state index contributed by atoms with van der Waals surface area (Å²) in [5, 5.41) is 3.30. The topological polar surface area (TPSA) is 32.3 Å². The molecular formula is C18H27ClN2O. The first kappa shape index (κ1) is 17.3. The standard InChI is InChI=1S/C18H26N2O.ClH/c1-18(9-7-15-5-3-2-4-6-15)10-12-20(14-18)17(21)16-8-11-19-13-16;/h2-6,16,19H,7-14H2,1H3;1H. The number of nitrogens with one attached hydrogen (secondary N) is 1. The number of aryl methyl sites for hydroxylation is 1. The van der Waals surface area contributed by atoms with Gasteiger partial charge >= 0.3 is 0 Å². The molecule has 2 atom stereocenters. The number of likely N-dealkylation sites (tertiary alicyclic amines) is 1. The second-order valence-corrected chi connectivity index (χ2v) is 7.00. The first-order valence-corrected chi connectivity index (χ1v) is 8.20. The van der Waals surface area contributed by atoms with Crippen molar-refractivity contribution in [2.45, 2.75) is 32.6 Å². The zero-order chi connectivity index (χ0) is 14.7. The molecule has 22 heavy (non-hydrogen) atoms. The lowest BCUT2D eigenvalue weighted by atomic mass is 9.83. The molecule has 0 aromatic heterocycles. The molecule has 1 amide bonds. The Kier molecular flexibility index (Phi) is 5.87. The van der Waals surface area contributed by atoms with Gasteiger partial charge in [-0.2, -0.15) is 0 Å². The normalized spacial score (nSPS) is 27.7. The molecule has 0 aliphatic carbocycles. The van der Waals surface area contributed by atoms with Gasteiger partial charge in [0.05, 0.1) is 5.92 Å². The maximum atomic E-state index is 12.5. The minimum atomic E-state index is 0. The van der Waals surface area contributed by atoms with Gasteiger partial charge in [-0.25, -0.2) is 0 Å². The van der Waals surface area contributed by atoms with Crippen molar-refractivity contribution in [3.63, 3.8) is 0 Å². The van der Waals surface area contributed by atoms with E-state index < -0.39 is 0 Å². The Morgan fingerprint density at radius 3 is 2.82 bits per heavy atom. The summed E-state index contributed by atoms with van der Waals surface area (Å²) in [7, 11) is 0. The second-order valence-electron chi connectivity index (χ2n) is 7.00. The summed E-state index contributed by atoms with van der Waals surface area (Å²) in [6.07, 6.45) is 4.44. The van der Waals surface area contributed by atoms with Gasteiger partial charge in [-0.15, -0.1) is 12.4 Å². The maximum absolute atomic E-state index is 12.5. The molecule has 1 N–H and O–H groups in total. The molecule has 2 saturated heterocycles. The number of hydrogen-bond donors (Lipinski definition) is 1. The number of carbonyl (C=O) groups is 1. The van der Waals surface area contributed by atoms with Crippen molar-refractivity contribution in [1.29, 1.82) is 0 Å². The van der Waals surface area contributed by atoms with E-state index in [1.165, 1.54) is 12.0 Å². The van der Waals surface area contributed by atoms with Gasteiger partial charge in [0.25, 0.3) is 0 Å². The Morgan fingerprint density at radius 2 is 2.14 bits per heavy atom. The fourth-order valence-corrected chi connectivity index (χ4v) is 3.63. The molecule has 3 nitrogen and oxygen atoms in total. The summed E-state index contributed by atoms with van der Waals surface area (Å²) in [5.74, 6) is 0.602. The molecule has 2 fully saturated rings. The number of carbonyl (C=O) groups excluding carboxylic acids is 1. The van der Waals surface area contributed by atoms with E-state index in [0.29, 0.717) is 5.91 Å². The van der Waals surface area contributed by atoms with E-state index in [2.05, 4.69) is 47.5 Å². The van der Waals surface area contributed by atoms with Crippen LogP contribution in [0.5, 0.6) is 0 Å². The van der Waals surface area contributed by atoms with Crippen LogP contribution in [0.3, 0.4) is 0 Å². The summed E-state index contributed by atoms with van der Waals surface area (Å²) in [6.45, 7) is 6.09. The van der Waals surface area contributed by atoms with E-state index in [4.69, 9.17) is 0 Å². The third kappa shape index (κ3) is 4.02. The summed E-state index contributed by atoms with van der Waals surface area (Å²) in [5.41, 5.74) is 1.70. The van der Waals surface area contributed by atoms with Gasteiger partial charge in [-0.05, 0) is 43.2 Å². The lowest BCUT2D eigenvalue weighted by Gasteiger charge is -2.26. The molecular weight excluding hydrogens is 296 g/mol. The smallest absolute Gasteiger partial charge is 0.227 e. The van der Waals surface area contributed by atoms with E-state index in [1.807, 2.05) is 0 Å². The lowest BCUT2D eigenvalue weighted by Crippen LogP contribution is -2.36. The quantitative estimate of drug-likeness (QED) is 0.924. The van der Waals surface area contributed by atoms with Crippen LogP contribution < -0.4 is 5.32 Å². The van der Waals surface area contributed by atoms with Crippen molar-refractivity contribution in [3.05, 3.63) is 35.9 Å². The third-order valence-electron chi connectivity index (χ3n) is 5.14. The number of rotatable bonds is 4. The van der Waals surface area contributed by atoms with Crippen LogP contribution in [0, 0.1) is 11.3 Å². The lowest BCUT2D eigenvalue weighted by molar-refractivity contribution is -0.134. The van der Waals surface area contributed by atoms with Crippen molar-refractivity contribution in [2.24, 2.45) is 11.3 Å². The van der Waals surface area contributed by atoms with E-state index in [9.17, 15) is 4.79 Å². The number of amides is 1. The van der Waals surface area contributed by atoms with Crippen LogP contribution in [-0.4, -0.2) is 37.0 Å². The molecule has 2 heterocycles. The summed E-state index contributed by atoms with van der Waals surface area (Å²) < 4.78 is 0. The number of hydrogen-bond acceptors (Lipinski definition) is 2. The number of benzene rings is 1. The molecule has 0 bridgehead atoms. The van der Waals surface area contributed by atoms with Crippen LogP contribution in [0.25, 0.3) is 0 Å². The van der Waals surface area contributed by atoms with Crippen molar-refractivity contribution in [1.82, 2.24) is 10.2 Å². The fourth-order valence-electron chi connectivity index (χ4n) is 3.63. The molecule has 2 aliphatic rings. The highest BCUT2D eigenvalue weighted by atomic mass is 35.5. The fraction of sp³-hybridized carbons (Fsp3) is 0.611. The van der Waals surface area contributed by atoms with Gasteiger partial charge in [-0.3, -0.25) is 4.79 Å².